The summed E-state index contributed by atoms with van der Waals surface area (Å²) in [6, 6.07) is 3.34. The van der Waals surface area contributed by atoms with E-state index in [9.17, 15) is 19.1 Å². The van der Waals surface area contributed by atoms with E-state index in [-0.39, 0.29) is 17.4 Å². The number of carbonyl (C=O) groups excluding carboxylic acids is 1. The van der Waals surface area contributed by atoms with Crippen LogP contribution in [-0.4, -0.2) is 28.0 Å². The topological polar surface area (TPSA) is 82.2 Å². The van der Waals surface area contributed by atoms with Crippen LogP contribution in [0, 0.1) is 18.7 Å². The number of benzene rings is 1. The Hall–Kier alpha value is -2.37. The van der Waals surface area contributed by atoms with Gasteiger partial charge in [-0.05, 0) is 36.6 Å². The molecule has 0 fully saturated rings. The van der Waals surface area contributed by atoms with Crippen molar-refractivity contribution in [2.75, 3.05) is 0 Å². The predicted octanol–water partition coefficient (Wildman–Crippen LogP) is 2.84. The van der Waals surface area contributed by atoms with Crippen LogP contribution in [-0.2, 0) is 4.79 Å². The van der Waals surface area contributed by atoms with Crippen molar-refractivity contribution in [3.8, 4) is 0 Å². The summed E-state index contributed by atoms with van der Waals surface area (Å²) in [4.78, 5) is 26.3. The first-order valence-corrected chi connectivity index (χ1v) is 7.16. The number of aromatic nitrogens is 1. The van der Waals surface area contributed by atoms with Crippen molar-refractivity contribution in [3.05, 3.63) is 35.3 Å². The van der Waals surface area contributed by atoms with Gasteiger partial charge in [0.1, 0.15) is 17.6 Å². The van der Waals surface area contributed by atoms with E-state index in [1.807, 2.05) is 6.92 Å². The van der Waals surface area contributed by atoms with Gasteiger partial charge in [0.05, 0.1) is 0 Å². The quantitative estimate of drug-likeness (QED) is 0.794. The lowest BCUT2D eigenvalue weighted by molar-refractivity contribution is -0.140. The van der Waals surface area contributed by atoms with Crippen LogP contribution in [0.1, 0.15) is 36.3 Å². The third-order valence-corrected chi connectivity index (χ3v) is 3.92. The highest BCUT2D eigenvalue weighted by Crippen LogP contribution is 2.21. The molecule has 0 radical (unpaired) electrons. The van der Waals surface area contributed by atoms with Gasteiger partial charge >= 0.3 is 5.97 Å². The lowest BCUT2D eigenvalue weighted by Crippen LogP contribution is -2.45. The minimum atomic E-state index is -1.07. The number of aryl methyl sites for hydroxylation is 1. The normalized spacial score (nSPS) is 13.8. The largest absolute Gasteiger partial charge is 0.480 e. The van der Waals surface area contributed by atoms with Gasteiger partial charge < -0.3 is 15.4 Å². The fraction of sp³-hybridized carbons (Fsp3) is 0.375. The van der Waals surface area contributed by atoms with Gasteiger partial charge in [-0.2, -0.15) is 0 Å². The van der Waals surface area contributed by atoms with Gasteiger partial charge in [-0.25, -0.2) is 9.18 Å². The Labute approximate surface area is 127 Å². The molecule has 1 aromatic carbocycles. The van der Waals surface area contributed by atoms with Gasteiger partial charge in [-0.1, -0.05) is 20.3 Å². The number of H-pyrrole nitrogens is 1. The van der Waals surface area contributed by atoms with Crippen molar-refractivity contribution in [2.45, 2.75) is 33.2 Å². The molecule has 0 aliphatic heterocycles. The van der Waals surface area contributed by atoms with E-state index < -0.39 is 17.9 Å². The predicted molar refractivity (Wildman–Crippen MR) is 81.3 cm³/mol. The molecule has 0 spiro atoms. The Balaban J connectivity index is 2.29. The van der Waals surface area contributed by atoms with Crippen molar-refractivity contribution >= 4 is 22.8 Å². The van der Waals surface area contributed by atoms with Crippen molar-refractivity contribution in [3.63, 3.8) is 0 Å². The number of nitrogens with one attached hydrogen (secondary N) is 2. The van der Waals surface area contributed by atoms with Crippen molar-refractivity contribution in [2.24, 2.45) is 5.92 Å². The average molecular weight is 306 g/mol. The molecule has 6 heteroatoms. The zero-order chi connectivity index (χ0) is 16.4. The molecular weight excluding hydrogens is 287 g/mol. The van der Waals surface area contributed by atoms with Crippen LogP contribution in [0.2, 0.25) is 0 Å². The highest BCUT2D eigenvalue weighted by molar-refractivity contribution is 6.00. The Morgan fingerprint density at radius 3 is 2.64 bits per heavy atom. The van der Waals surface area contributed by atoms with Gasteiger partial charge in [0.2, 0.25) is 0 Å². The maximum Gasteiger partial charge on any atom is 0.326 e. The number of hydrogen-bond donors (Lipinski definition) is 3. The summed E-state index contributed by atoms with van der Waals surface area (Å²) in [6.07, 6.45) is 0.633. The summed E-state index contributed by atoms with van der Waals surface area (Å²) in [5.41, 5.74) is 1.44. The molecule has 0 saturated carbocycles. The molecule has 0 aliphatic rings. The van der Waals surface area contributed by atoms with Crippen molar-refractivity contribution in [1.82, 2.24) is 10.3 Å². The van der Waals surface area contributed by atoms with Gasteiger partial charge in [0, 0.05) is 10.9 Å². The number of carbonyl (C=O) groups is 2. The number of fused-ring (bicyclic) bond motifs is 1. The summed E-state index contributed by atoms with van der Waals surface area (Å²) >= 11 is 0. The van der Waals surface area contributed by atoms with Gasteiger partial charge in [-0.3, -0.25) is 4.79 Å². The molecule has 3 N–H and O–H groups in total. The molecule has 2 rings (SSSR count). The summed E-state index contributed by atoms with van der Waals surface area (Å²) in [5, 5.41) is 12.5. The first kappa shape index (κ1) is 16.0. The summed E-state index contributed by atoms with van der Waals surface area (Å²) in [6.45, 7) is 5.38. The van der Waals surface area contributed by atoms with Crippen molar-refractivity contribution in [1.29, 1.82) is 0 Å². The van der Waals surface area contributed by atoms with Gasteiger partial charge in [0.15, 0.2) is 0 Å². The number of carboxylic acids is 1. The minimum Gasteiger partial charge on any atom is -0.480 e. The summed E-state index contributed by atoms with van der Waals surface area (Å²) in [7, 11) is 0. The zero-order valence-corrected chi connectivity index (χ0v) is 12.7. The molecule has 2 atom stereocenters. The number of halogens is 1. The van der Waals surface area contributed by atoms with Gasteiger partial charge in [-0.15, -0.1) is 0 Å². The molecule has 0 bridgehead atoms. The smallest absolute Gasteiger partial charge is 0.326 e. The first-order valence-electron chi connectivity index (χ1n) is 7.16. The molecule has 22 heavy (non-hydrogen) atoms. The molecule has 118 valence electrons. The third kappa shape index (κ3) is 3.10. The Bertz CT molecular complexity index is 723. The highest BCUT2D eigenvalue weighted by Gasteiger charge is 2.26. The second-order valence-electron chi connectivity index (χ2n) is 5.54. The van der Waals surface area contributed by atoms with Crippen LogP contribution >= 0.6 is 0 Å². The number of carboxylic acid groups (broad SMARTS) is 1. The molecular formula is C16H19FN2O3. The average Bonchev–Trinajstić information content (AvgIpc) is 2.87. The van der Waals surface area contributed by atoms with Crippen LogP contribution < -0.4 is 5.32 Å². The van der Waals surface area contributed by atoms with E-state index in [1.165, 1.54) is 12.1 Å². The molecule has 1 amide bonds. The van der Waals surface area contributed by atoms with E-state index in [4.69, 9.17) is 0 Å². The first-order chi connectivity index (χ1) is 10.3. The number of aromatic amines is 1. The van der Waals surface area contributed by atoms with Crippen molar-refractivity contribution < 1.29 is 19.1 Å². The molecule has 2 aromatic rings. The fourth-order valence-corrected chi connectivity index (χ4v) is 2.40. The standard InChI is InChI=1S/C16H19FN2O3/c1-4-8(2)14(16(21)22)19-15(20)13-7-11-9(3)5-10(17)6-12(11)18-13/h5-8,14,18H,4H2,1-3H3,(H,19,20)(H,21,22). The van der Waals surface area contributed by atoms with Crippen LogP contribution in [0.4, 0.5) is 4.39 Å². The SMILES string of the molecule is CCC(C)C(NC(=O)c1cc2c(C)cc(F)cc2[nH]1)C(=O)O. The third-order valence-electron chi connectivity index (χ3n) is 3.92. The summed E-state index contributed by atoms with van der Waals surface area (Å²) < 4.78 is 13.4. The van der Waals surface area contributed by atoms with E-state index in [2.05, 4.69) is 10.3 Å². The second kappa shape index (κ2) is 6.17. The Kier molecular flexibility index (Phi) is 4.49. The number of amides is 1. The summed E-state index contributed by atoms with van der Waals surface area (Å²) in [5.74, 6) is -2.16. The Morgan fingerprint density at radius 1 is 1.36 bits per heavy atom. The molecule has 1 heterocycles. The maximum atomic E-state index is 13.4. The lowest BCUT2D eigenvalue weighted by atomic mass is 9.99. The van der Waals surface area contributed by atoms with Crippen LogP contribution in [0.5, 0.6) is 0 Å². The van der Waals surface area contributed by atoms with Crippen LogP contribution in [0.25, 0.3) is 10.9 Å². The minimum absolute atomic E-state index is 0.190. The molecule has 1 aromatic heterocycles. The van der Waals surface area contributed by atoms with E-state index in [0.29, 0.717) is 17.5 Å². The van der Waals surface area contributed by atoms with E-state index in [0.717, 1.165) is 5.39 Å². The molecule has 5 nitrogen and oxygen atoms in total. The second-order valence-corrected chi connectivity index (χ2v) is 5.54. The molecule has 0 aliphatic carbocycles. The Morgan fingerprint density at radius 2 is 2.05 bits per heavy atom. The molecule has 2 unspecified atom stereocenters. The zero-order valence-electron chi connectivity index (χ0n) is 12.7. The van der Waals surface area contributed by atoms with Gasteiger partial charge in [0.25, 0.3) is 5.91 Å². The lowest BCUT2D eigenvalue weighted by Gasteiger charge is -2.19. The number of hydrogen-bond acceptors (Lipinski definition) is 2. The highest BCUT2D eigenvalue weighted by atomic mass is 19.1. The maximum absolute atomic E-state index is 13.4. The molecule has 0 saturated heterocycles. The van der Waals surface area contributed by atoms with E-state index in [1.54, 1.807) is 19.9 Å². The van der Waals surface area contributed by atoms with E-state index >= 15 is 0 Å². The van der Waals surface area contributed by atoms with Crippen LogP contribution in [0.3, 0.4) is 0 Å². The fourth-order valence-electron chi connectivity index (χ4n) is 2.40. The van der Waals surface area contributed by atoms with Crippen LogP contribution in [0.15, 0.2) is 18.2 Å². The number of rotatable bonds is 5. The number of aliphatic carboxylic acids is 1. The monoisotopic (exact) mass is 306 g/mol.